The first kappa shape index (κ1) is 24.9. The predicted octanol–water partition coefficient (Wildman–Crippen LogP) is 4.61. The Morgan fingerprint density at radius 1 is 0.667 bits per heavy atom. The molecule has 0 saturated carbocycles. The first-order chi connectivity index (χ1) is 15.5. The van der Waals surface area contributed by atoms with Gasteiger partial charge in [-0.25, -0.2) is 16.8 Å². The number of Topliss-reactive ketones (excluding diaryl/α,β-unsaturated/α-hetero) is 1. The van der Waals surface area contributed by atoms with Crippen LogP contribution >= 0.6 is 0 Å². The largest absolute Gasteiger partial charge is 0.294 e. The molecule has 0 aliphatic heterocycles. The van der Waals surface area contributed by atoms with Crippen LogP contribution in [0.1, 0.15) is 34.0 Å². The van der Waals surface area contributed by atoms with Gasteiger partial charge in [0.15, 0.2) is 25.5 Å². The van der Waals surface area contributed by atoms with Crippen molar-refractivity contribution in [2.24, 2.45) is 5.92 Å². The second-order valence-corrected chi connectivity index (χ2v) is 12.4. The van der Waals surface area contributed by atoms with Gasteiger partial charge in [0.05, 0.1) is 27.2 Å². The SMILES string of the molecule is CCc1ccc(C(=O)C(CS(=O)(=O)c2ccc(C)cc2)CS(=O)(=O)c2ccc(C)cc2)cc1. The fourth-order valence-electron chi connectivity index (χ4n) is 3.55. The molecule has 0 aromatic heterocycles. The van der Waals surface area contributed by atoms with E-state index in [0.29, 0.717) is 5.56 Å². The lowest BCUT2D eigenvalue weighted by atomic mass is 9.99. The van der Waals surface area contributed by atoms with Gasteiger partial charge in [-0.3, -0.25) is 4.79 Å². The average molecular weight is 485 g/mol. The average Bonchev–Trinajstić information content (AvgIpc) is 2.78. The molecule has 0 unspecified atom stereocenters. The number of hydrogen-bond acceptors (Lipinski definition) is 5. The number of aryl methyl sites for hydroxylation is 3. The topological polar surface area (TPSA) is 85.3 Å². The standard InChI is InChI=1S/C26H28O5S2/c1-4-21-9-11-22(12-10-21)26(27)23(17-32(28,29)24-13-5-19(2)6-14-24)18-33(30,31)25-15-7-20(3)8-16-25/h5-16,23H,4,17-18H2,1-3H3. The molecule has 0 N–H and O–H groups in total. The number of rotatable bonds is 9. The highest BCUT2D eigenvalue weighted by Gasteiger charge is 2.32. The Morgan fingerprint density at radius 3 is 1.42 bits per heavy atom. The van der Waals surface area contributed by atoms with Crippen molar-refractivity contribution in [2.45, 2.75) is 37.0 Å². The lowest BCUT2D eigenvalue weighted by molar-refractivity contribution is 0.0942. The van der Waals surface area contributed by atoms with E-state index in [4.69, 9.17) is 0 Å². The molecule has 0 aliphatic carbocycles. The van der Waals surface area contributed by atoms with Crippen LogP contribution in [0.25, 0.3) is 0 Å². The van der Waals surface area contributed by atoms with Gasteiger partial charge in [-0.05, 0) is 50.1 Å². The van der Waals surface area contributed by atoms with E-state index in [-0.39, 0.29) is 9.79 Å². The minimum Gasteiger partial charge on any atom is -0.294 e. The van der Waals surface area contributed by atoms with Gasteiger partial charge in [-0.1, -0.05) is 66.6 Å². The van der Waals surface area contributed by atoms with Crippen molar-refractivity contribution < 1.29 is 21.6 Å². The number of carbonyl (C=O) groups is 1. The van der Waals surface area contributed by atoms with Crippen LogP contribution in [0.2, 0.25) is 0 Å². The molecule has 0 aliphatic rings. The Bertz CT molecular complexity index is 1240. The van der Waals surface area contributed by atoms with Crippen LogP contribution in [0, 0.1) is 19.8 Å². The Balaban J connectivity index is 1.98. The number of carbonyl (C=O) groups excluding carboxylic acids is 1. The molecular weight excluding hydrogens is 456 g/mol. The molecule has 0 heterocycles. The highest BCUT2D eigenvalue weighted by molar-refractivity contribution is 7.92. The van der Waals surface area contributed by atoms with Gasteiger partial charge in [0.2, 0.25) is 0 Å². The molecule has 3 rings (SSSR count). The summed E-state index contributed by atoms with van der Waals surface area (Å²) in [5, 5.41) is 0. The molecule has 3 aromatic carbocycles. The van der Waals surface area contributed by atoms with Gasteiger partial charge >= 0.3 is 0 Å². The molecule has 0 amide bonds. The molecule has 0 atom stereocenters. The predicted molar refractivity (Wildman–Crippen MR) is 130 cm³/mol. The molecule has 0 radical (unpaired) electrons. The summed E-state index contributed by atoms with van der Waals surface area (Å²) in [5.41, 5.74) is 3.14. The highest BCUT2D eigenvalue weighted by atomic mass is 32.2. The third-order valence-electron chi connectivity index (χ3n) is 5.62. The van der Waals surface area contributed by atoms with E-state index in [2.05, 4.69) is 0 Å². The summed E-state index contributed by atoms with van der Waals surface area (Å²) in [5.74, 6) is -2.91. The first-order valence-electron chi connectivity index (χ1n) is 10.7. The second kappa shape index (κ2) is 10.0. The monoisotopic (exact) mass is 484 g/mol. The quantitative estimate of drug-likeness (QED) is 0.414. The molecule has 0 bridgehead atoms. The maximum atomic E-state index is 13.3. The van der Waals surface area contributed by atoms with Gasteiger partial charge in [0.25, 0.3) is 0 Å². The first-order valence-corrected chi connectivity index (χ1v) is 14.0. The van der Waals surface area contributed by atoms with Crippen LogP contribution < -0.4 is 0 Å². The molecule has 0 fully saturated rings. The zero-order valence-electron chi connectivity index (χ0n) is 19.0. The van der Waals surface area contributed by atoms with Crippen molar-refractivity contribution in [1.82, 2.24) is 0 Å². The van der Waals surface area contributed by atoms with Gasteiger partial charge in [0.1, 0.15) is 0 Å². The van der Waals surface area contributed by atoms with Crippen LogP contribution in [-0.2, 0) is 26.1 Å². The zero-order valence-corrected chi connectivity index (χ0v) is 20.6. The number of benzene rings is 3. The summed E-state index contributed by atoms with van der Waals surface area (Å²) in [7, 11) is -7.78. The van der Waals surface area contributed by atoms with Gasteiger partial charge in [0, 0.05) is 5.56 Å². The maximum absolute atomic E-state index is 13.3. The Morgan fingerprint density at radius 2 is 1.06 bits per heavy atom. The minimum absolute atomic E-state index is 0.0694. The molecular formula is C26H28O5S2. The molecule has 0 saturated heterocycles. The molecule has 174 valence electrons. The maximum Gasteiger partial charge on any atom is 0.179 e. The Kier molecular flexibility index (Phi) is 7.55. The molecule has 0 spiro atoms. The van der Waals surface area contributed by atoms with Crippen molar-refractivity contribution >= 4 is 25.5 Å². The van der Waals surface area contributed by atoms with E-state index < -0.39 is 42.9 Å². The lowest BCUT2D eigenvalue weighted by Crippen LogP contribution is -2.31. The third kappa shape index (κ3) is 6.18. The van der Waals surface area contributed by atoms with Crippen LogP contribution in [0.3, 0.4) is 0 Å². The minimum atomic E-state index is -3.89. The second-order valence-electron chi connectivity index (χ2n) is 8.30. The van der Waals surface area contributed by atoms with Crippen molar-refractivity contribution in [3.63, 3.8) is 0 Å². The molecule has 5 nitrogen and oxygen atoms in total. The Hall–Kier alpha value is -2.77. The fourth-order valence-corrected chi connectivity index (χ4v) is 6.79. The summed E-state index contributed by atoms with van der Waals surface area (Å²) in [6.45, 7) is 5.68. The van der Waals surface area contributed by atoms with E-state index in [1.807, 2.05) is 20.8 Å². The zero-order chi connectivity index (χ0) is 24.2. The van der Waals surface area contributed by atoms with Crippen LogP contribution in [0.4, 0.5) is 0 Å². The summed E-state index contributed by atoms with van der Waals surface area (Å²) in [4.78, 5) is 13.5. The normalized spacial score (nSPS) is 12.1. The van der Waals surface area contributed by atoms with Crippen LogP contribution in [-0.4, -0.2) is 34.1 Å². The Labute approximate surface area is 196 Å². The van der Waals surface area contributed by atoms with Crippen molar-refractivity contribution in [3.8, 4) is 0 Å². The number of ketones is 1. The highest BCUT2D eigenvalue weighted by Crippen LogP contribution is 2.23. The van der Waals surface area contributed by atoms with Crippen LogP contribution in [0.15, 0.2) is 82.6 Å². The van der Waals surface area contributed by atoms with Crippen LogP contribution in [0.5, 0.6) is 0 Å². The number of hydrogen-bond donors (Lipinski definition) is 0. The third-order valence-corrected chi connectivity index (χ3v) is 9.28. The van der Waals surface area contributed by atoms with Gasteiger partial charge in [-0.15, -0.1) is 0 Å². The molecule has 3 aromatic rings. The van der Waals surface area contributed by atoms with Crippen molar-refractivity contribution in [3.05, 3.63) is 95.1 Å². The molecule has 33 heavy (non-hydrogen) atoms. The lowest BCUT2D eigenvalue weighted by Gasteiger charge is -2.17. The summed E-state index contributed by atoms with van der Waals surface area (Å²) in [6.07, 6.45) is 0.793. The van der Waals surface area contributed by atoms with E-state index in [0.717, 1.165) is 23.1 Å². The summed E-state index contributed by atoms with van der Waals surface area (Å²) < 4.78 is 52.4. The van der Waals surface area contributed by atoms with Gasteiger partial charge in [-0.2, -0.15) is 0 Å². The summed E-state index contributed by atoms with van der Waals surface area (Å²) in [6, 6.07) is 19.5. The smallest absolute Gasteiger partial charge is 0.179 e. The van der Waals surface area contributed by atoms with E-state index in [1.54, 1.807) is 48.5 Å². The van der Waals surface area contributed by atoms with Crippen molar-refractivity contribution in [2.75, 3.05) is 11.5 Å². The number of sulfone groups is 2. The summed E-state index contributed by atoms with van der Waals surface area (Å²) >= 11 is 0. The van der Waals surface area contributed by atoms with Gasteiger partial charge < -0.3 is 0 Å². The van der Waals surface area contributed by atoms with E-state index in [9.17, 15) is 21.6 Å². The van der Waals surface area contributed by atoms with E-state index in [1.165, 1.54) is 24.3 Å². The molecule has 7 heteroatoms. The van der Waals surface area contributed by atoms with E-state index >= 15 is 0 Å². The van der Waals surface area contributed by atoms with Crippen molar-refractivity contribution in [1.29, 1.82) is 0 Å². The fraction of sp³-hybridized carbons (Fsp3) is 0.269.